The van der Waals surface area contributed by atoms with Crippen LogP contribution in [0.25, 0.3) is 11.0 Å². The molecule has 3 rings (SSSR count). The van der Waals surface area contributed by atoms with Gasteiger partial charge in [-0.05, 0) is 23.8 Å². The normalized spacial score (nSPS) is 10.5. The highest BCUT2D eigenvalue weighted by molar-refractivity contribution is 5.92. The number of fused-ring (bicyclic) bond motifs is 1. The molecule has 0 bridgehead atoms. The molecular weight excluding hydrogens is 268 g/mol. The van der Waals surface area contributed by atoms with Crippen molar-refractivity contribution in [2.45, 2.75) is 6.61 Å². The van der Waals surface area contributed by atoms with Gasteiger partial charge in [0, 0.05) is 11.5 Å². The molecule has 0 unspecified atom stereocenters. The standard InChI is InChI=1S/C17H14O4/c1-19-17(18)16-9-13-7-8-14(10-15(13)21-16)20-11-12-5-3-2-4-6-12/h2-10H,11H2,1H3. The van der Waals surface area contributed by atoms with Crippen molar-refractivity contribution in [2.24, 2.45) is 0 Å². The smallest absolute Gasteiger partial charge is 0.373 e. The van der Waals surface area contributed by atoms with Gasteiger partial charge >= 0.3 is 5.97 Å². The number of hydrogen-bond acceptors (Lipinski definition) is 4. The largest absolute Gasteiger partial charge is 0.489 e. The van der Waals surface area contributed by atoms with E-state index in [2.05, 4.69) is 4.74 Å². The summed E-state index contributed by atoms with van der Waals surface area (Å²) in [5.41, 5.74) is 1.69. The number of carbonyl (C=O) groups excluding carboxylic acids is 1. The Morgan fingerprint density at radius 1 is 1.10 bits per heavy atom. The number of benzene rings is 2. The third-order valence-corrected chi connectivity index (χ3v) is 3.13. The molecule has 3 aromatic rings. The van der Waals surface area contributed by atoms with Gasteiger partial charge in [-0.15, -0.1) is 0 Å². The maximum atomic E-state index is 11.4. The van der Waals surface area contributed by atoms with Crippen LogP contribution in [-0.2, 0) is 11.3 Å². The molecule has 0 amide bonds. The van der Waals surface area contributed by atoms with E-state index in [1.807, 2.05) is 42.5 Å². The van der Waals surface area contributed by atoms with E-state index in [0.717, 1.165) is 10.9 Å². The van der Waals surface area contributed by atoms with Crippen LogP contribution in [0.4, 0.5) is 0 Å². The topological polar surface area (TPSA) is 48.7 Å². The fraction of sp³-hybridized carbons (Fsp3) is 0.118. The molecule has 2 aromatic carbocycles. The SMILES string of the molecule is COC(=O)c1cc2ccc(OCc3ccccc3)cc2o1. The summed E-state index contributed by atoms with van der Waals surface area (Å²) in [6, 6.07) is 17.0. The second-order valence-corrected chi connectivity index (χ2v) is 4.58. The predicted molar refractivity (Wildman–Crippen MR) is 78.3 cm³/mol. The molecule has 1 heterocycles. The van der Waals surface area contributed by atoms with Gasteiger partial charge in [0.2, 0.25) is 5.76 Å². The molecule has 0 aliphatic heterocycles. The van der Waals surface area contributed by atoms with E-state index in [9.17, 15) is 4.79 Å². The molecule has 0 atom stereocenters. The van der Waals surface area contributed by atoms with Crippen LogP contribution < -0.4 is 4.74 Å². The third kappa shape index (κ3) is 2.89. The molecule has 0 saturated heterocycles. The summed E-state index contributed by atoms with van der Waals surface area (Å²) in [6.07, 6.45) is 0. The zero-order valence-electron chi connectivity index (χ0n) is 11.5. The van der Waals surface area contributed by atoms with Crippen molar-refractivity contribution >= 4 is 16.9 Å². The van der Waals surface area contributed by atoms with Gasteiger partial charge in [-0.25, -0.2) is 4.79 Å². The molecule has 0 saturated carbocycles. The zero-order valence-corrected chi connectivity index (χ0v) is 11.5. The van der Waals surface area contributed by atoms with Crippen molar-refractivity contribution in [3.05, 3.63) is 65.9 Å². The van der Waals surface area contributed by atoms with E-state index < -0.39 is 5.97 Å². The number of rotatable bonds is 4. The Hall–Kier alpha value is -2.75. The van der Waals surface area contributed by atoms with Crippen LogP contribution in [0.3, 0.4) is 0 Å². The fourth-order valence-corrected chi connectivity index (χ4v) is 2.04. The number of esters is 1. The Bertz CT molecular complexity index is 759. The molecule has 0 spiro atoms. The number of carbonyl (C=O) groups is 1. The highest BCUT2D eigenvalue weighted by Crippen LogP contribution is 2.25. The molecular formula is C17H14O4. The minimum absolute atomic E-state index is 0.188. The van der Waals surface area contributed by atoms with Crippen molar-refractivity contribution in [3.63, 3.8) is 0 Å². The van der Waals surface area contributed by atoms with Crippen molar-refractivity contribution in [1.82, 2.24) is 0 Å². The number of ether oxygens (including phenoxy) is 2. The van der Waals surface area contributed by atoms with E-state index in [0.29, 0.717) is 17.9 Å². The molecule has 0 radical (unpaired) electrons. The van der Waals surface area contributed by atoms with Gasteiger partial charge in [0.15, 0.2) is 0 Å². The van der Waals surface area contributed by atoms with Gasteiger partial charge in [-0.3, -0.25) is 0 Å². The van der Waals surface area contributed by atoms with Gasteiger partial charge in [0.1, 0.15) is 17.9 Å². The van der Waals surface area contributed by atoms with Crippen LogP contribution in [0.1, 0.15) is 16.1 Å². The van der Waals surface area contributed by atoms with Crippen molar-refractivity contribution in [2.75, 3.05) is 7.11 Å². The van der Waals surface area contributed by atoms with E-state index in [1.54, 1.807) is 12.1 Å². The highest BCUT2D eigenvalue weighted by Gasteiger charge is 2.12. The summed E-state index contributed by atoms with van der Waals surface area (Å²) in [5.74, 6) is 0.391. The third-order valence-electron chi connectivity index (χ3n) is 3.13. The maximum Gasteiger partial charge on any atom is 0.373 e. The lowest BCUT2D eigenvalue weighted by Crippen LogP contribution is -1.97. The second kappa shape index (κ2) is 5.71. The van der Waals surface area contributed by atoms with E-state index in [1.165, 1.54) is 7.11 Å². The first-order valence-electron chi connectivity index (χ1n) is 6.55. The molecule has 4 heteroatoms. The first kappa shape index (κ1) is 13.2. The quantitative estimate of drug-likeness (QED) is 0.683. The zero-order chi connectivity index (χ0) is 14.7. The maximum absolute atomic E-state index is 11.4. The molecule has 106 valence electrons. The Labute approximate surface area is 121 Å². The fourth-order valence-electron chi connectivity index (χ4n) is 2.04. The Morgan fingerprint density at radius 2 is 1.90 bits per heavy atom. The highest BCUT2D eigenvalue weighted by atomic mass is 16.5. The Kier molecular flexibility index (Phi) is 3.60. The number of hydrogen-bond donors (Lipinski definition) is 0. The van der Waals surface area contributed by atoms with Gasteiger partial charge < -0.3 is 13.9 Å². The van der Waals surface area contributed by atoms with Crippen LogP contribution >= 0.6 is 0 Å². The molecule has 0 fully saturated rings. The van der Waals surface area contributed by atoms with Gasteiger partial charge in [-0.1, -0.05) is 30.3 Å². The number of methoxy groups -OCH3 is 1. The van der Waals surface area contributed by atoms with E-state index in [4.69, 9.17) is 9.15 Å². The summed E-state index contributed by atoms with van der Waals surface area (Å²) >= 11 is 0. The monoisotopic (exact) mass is 282 g/mol. The molecule has 0 aliphatic rings. The van der Waals surface area contributed by atoms with Crippen molar-refractivity contribution < 1.29 is 18.7 Å². The lowest BCUT2D eigenvalue weighted by Gasteiger charge is -2.05. The second-order valence-electron chi connectivity index (χ2n) is 4.58. The van der Waals surface area contributed by atoms with Crippen molar-refractivity contribution in [3.8, 4) is 5.75 Å². The van der Waals surface area contributed by atoms with Gasteiger partial charge in [0.05, 0.1) is 7.11 Å². The van der Waals surface area contributed by atoms with Crippen LogP contribution in [0.2, 0.25) is 0 Å². The van der Waals surface area contributed by atoms with Crippen molar-refractivity contribution in [1.29, 1.82) is 0 Å². The van der Waals surface area contributed by atoms with E-state index in [-0.39, 0.29) is 5.76 Å². The minimum atomic E-state index is -0.488. The molecule has 4 nitrogen and oxygen atoms in total. The first-order valence-corrected chi connectivity index (χ1v) is 6.55. The van der Waals surface area contributed by atoms with Crippen LogP contribution in [-0.4, -0.2) is 13.1 Å². The van der Waals surface area contributed by atoms with Crippen LogP contribution in [0, 0.1) is 0 Å². The molecule has 1 aromatic heterocycles. The average Bonchev–Trinajstić information content (AvgIpc) is 2.96. The summed E-state index contributed by atoms with van der Waals surface area (Å²) < 4.78 is 15.8. The summed E-state index contributed by atoms with van der Waals surface area (Å²) in [6.45, 7) is 0.483. The molecule has 0 N–H and O–H groups in total. The lowest BCUT2D eigenvalue weighted by atomic mass is 10.2. The average molecular weight is 282 g/mol. The van der Waals surface area contributed by atoms with Crippen LogP contribution in [0.5, 0.6) is 5.75 Å². The molecule has 21 heavy (non-hydrogen) atoms. The first-order chi connectivity index (χ1) is 10.3. The summed E-state index contributed by atoms with van der Waals surface area (Å²) in [5, 5.41) is 0.836. The van der Waals surface area contributed by atoms with E-state index >= 15 is 0 Å². The minimum Gasteiger partial charge on any atom is -0.489 e. The predicted octanol–water partition coefficient (Wildman–Crippen LogP) is 3.80. The summed E-state index contributed by atoms with van der Waals surface area (Å²) in [4.78, 5) is 11.4. The van der Waals surface area contributed by atoms with Gasteiger partial charge in [0.25, 0.3) is 0 Å². The molecule has 0 aliphatic carbocycles. The Morgan fingerprint density at radius 3 is 2.67 bits per heavy atom. The summed E-state index contributed by atoms with van der Waals surface area (Å²) in [7, 11) is 1.32. The Balaban J connectivity index is 1.79. The van der Waals surface area contributed by atoms with Crippen LogP contribution in [0.15, 0.2) is 59.0 Å². The number of furan rings is 1. The van der Waals surface area contributed by atoms with Gasteiger partial charge in [-0.2, -0.15) is 0 Å². The lowest BCUT2D eigenvalue weighted by molar-refractivity contribution is 0.0567.